The Kier molecular flexibility index (Phi) is 33.2. The molecule has 24 heteroatoms. The van der Waals surface area contributed by atoms with Crippen molar-refractivity contribution in [3.05, 3.63) is 0 Å². The summed E-state index contributed by atoms with van der Waals surface area (Å²) in [5.41, 5.74) is -1.63. The van der Waals surface area contributed by atoms with Crippen molar-refractivity contribution in [3.63, 3.8) is 0 Å². The van der Waals surface area contributed by atoms with Crippen molar-refractivity contribution in [1.29, 1.82) is 0 Å². The predicted octanol–water partition coefficient (Wildman–Crippen LogP) is 3.74. The van der Waals surface area contributed by atoms with Crippen LogP contribution in [0.25, 0.3) is 0 Å². The zero-order valence-corrected chi connectivity index (χ0v) is 38.3. The average molecular weight is 937 g/mol. The molecule has 10 atom stereocenters. The van der Waals surface area contributed by atoms with E-state index in [4.69, 9.17) is 40.9 Å². The molecule has 0 aliphatic carbocycles. The zero-order chi connectivity index (χ0) is 44.3. The summed E-state index contributed by atoms with van der Waals surface area (Å²) in [6.45, 7) is 13.8. The van der Waals surface area contributed by atoms with Crippen LogP contribution in [-0.2, 0) is 48.0 Å². The van der Waals surface area contributed by atoms with Crippen LogP contribution in [-0.4, -0.2) is 144 Å². The summed E-state index contributed by atoms with van der Waals surface area (Å²) >= 11 is 14.4. The molecule has 0 aromatic rings. The fraction of sp³-hybridized carbons (Fsp3) is 0.848. The number of carbonyl (C=O) groups is 3. The first-order valence-electron chi connectivity index (χ1n) is 18.0. The molecule has 0 radical (unpaired) electrons. The van der Waals surface area contributed by atoms with Gasteiger partial charge in [-0.25, -0.2) is 0 Å². The molecule has 0 saturated carbocycles. The van der Waals surface area contributed by atoms with Gasteiger partial charge in [0.25, 0.3) is 10.4 Å². The summed E-state index contributed by atoms with van der Waals surface area (Å²) in [6.07, 6.45) is -1.23. The number of hydrogen-bond acceptors (Lipinski definition) is 22. The molecular formula is C33H60ClN2O16S5-. The van der Waals surface area contributed by atoms with Crippen LogP contribution >= 0.6 is 59.5 Å². The lowest BCUT2D eigenvalue weighted by molar-refractivity contribution is -0.205. The molecule has 0 aromatic carbocycles. The summed E-state index contributed by atoms with van der Waals surface area (Å²) in [5.74, 6) is 2.30. The second kappa shape index (κ2) is 32.7. The molecule has 3 fully saturated rings. The summed E-state index contributed by atoms with van der Waals surface area (Å²) < 4.78 is 56.6. The van der Waals surface area contributed by atoms with E-state index in [2.05, 4.69) is 57.7 Å². The maximum absolute atomic E-state index is 11.0. The molecule has 3 aliphatic rings. The third-order valence-electron chi connectivity index (χ3n) is 7.71. The Labute approximate surface area is 359 Å². The molecular weight excluding hydrogens is 876 g/mol. The molecule has 4 unspecified atom stereocenters. The first-order chi connectivity index (χ1) is 26.7. The molecule has 57 heavy (non-hydrogen) atoms. The Morgan fingerprint density at radius 3 is 1.95 bits per heavy atom. The number of thioether (sulfide) groups is 3. The van der Waals surface area contributed by atoms with E-state index in [1.807, 2.05) is 27.7 Å². The standard InChI is InChI=1S/C12H20O5S.C9H17NO9S2.C6H12S2.C3H6ClNO.C3H6O/c1-6-7(2)11(16-9(4)14)12(18)17-10(6)5-15-8(3)13;1-2-5(10-19-21(15,16)17)20-9-8(14)7(13)6(12)4(3-11)18-9;1-2-6-7-4-3-5-8-6;1-2-3(4)5-6;1-2-3-4/h6-7,10-12,18H,5H2,1-4H3;4,6-9,11-14H,2-3H2,1H3,(H,15,16,17);6H,2-5H2,1H3;6H,2H2,1H3;3H,2H2,1H3/p-1/b;10-5-;;5-3-;/t6-,7-,10?,11?,12-;4?,6-,7+,8?,9+;;;/m01.../s1. The van der Waals surface area contributed by atoms with Gasteiger partial charge >= 0.3 is 11.9 Å². The number of ether oxygens (including phenoxy) is 4. The lowest BCUT2D eigenvalue weighted by atomic mass is 9.84. The minimum atomic E-state index is -5.00. The van der Waals surface area contributed by atoms with Gasteiger partial charge in [-0.3, -0.25) is 13.9 Å². The molecule has 3 heterocycles. The summed E-state index contributed by atoms with van der Waals surface area (Å²) in [7, 11) is -5.00. The molecule has 0 spiro atoms. The van der Waals surface area contributed by atoms with Crippen molar-refractivity contribution in [3.8, 4) is 0 Å². The van der Waals surface area contributed by atoms with Crippen molar-refractivity contribution in [1.82, 2.24) is 0 Å². The maximum Gasteiger partial charge on any atom is 0.303 e. The SMILES string of the molecule is CC(=O)OCC1O[C@@H](S)C(OC(C)=O)[C@@H](C)[C@@H]1C.CC/C(=N/OS(=O)(=O)[O-])S[C@@H]1OC(CO)[C@@H](O)[C@H](O)C1O.CC/C(Cl)=N/O.CCC1SCCCS1.CCC=O. The molecule has 0 bridgehead atoms. The van der Waals surface area contributed by atoms with Crippen LogP contribution in [0.5, 0.6) is 0 Å². The van der Waals surface area contributed by atoms with Crippen LogP contribution in [0.15, 0.2) is 10.3 Å². The highest BCUT2D eigenvalue weighted by molar-refractivity contribution is 8.17. The number of rotatable bonds is 11. The molecule has 3 aliphatic heterocycles. The molecule has 3 saturated heterocycles. The number of aliphatic hydroxyl groups is 4. The Morgan fingerprint density at radius 1 is 0.982 bits per heavy atom. The number of nitrogens with zero attached hydrogens (tertiary/aromatic N) is 2. The fourth-order valence-electron chi connectivity index (χ4n) is 4.42. The third kappa shape index (κ3) is 26.0. The van der Waals surface area contributed by atoms with Gasteiger partial charge in [0.1, 0.15) is 64.5 Å². The second-order valence-corrected chi connectivity index (χ2v) is 18.1. The topological polar surface area (TPSA) is 280 Å². The number of aliphatic hydroxyl groups excluding tert-OH is 4. The first-order valence-corrected chi connectivity index (χ1v) is 23.2. The second-order valence-electron chi connectivity index (χ2n) is 12.1. The summed E-state index contributed by atoms with van der Waals surface area (Å²) in [4.78, 5) is 31.0. The van der Waals surface area contributed by atoms with Crippen LogP contribution in [0.2, 0.25) is 0 Å². The van der Waals surface area contributed by atoms with Crippen LogP contribution in [0.1, 0.15) is 87.5 Å². The van der Waals surface area contributed by atoms with Gasteiger partial charge in [0, 0.05) is 37.2 Å². The van der Waals surface area contributed by atoms with Gasteiger partial charge in [-0.15, -0.1) is 36.2 Å². The molecule has 0 amide bonds. The van der Waals surface area contributed by atoms with Crippen LogP contribution < -0.4 is 0 Å². The van der Waals surface area contributed by atoms with Crippen molar-refractivity contribution in [2.45, 2.75) is 140 Å². The van der Waals surface area contributed by atoms with E-state index in [0.717, 1.165) is 10.9 Å². The highest BCUT2D eigenvalue weighted by atomic mass is 35.5. The average Bonchev–Trinajstić information content (AvgIpc) is 3.19. The van der Waals surface area contributed by atoms with Crippen molar-refractivity contribution < 1.29 is 76.2 Å². The van der Waals surface area contributed by atoms with Crippen LogP contribution in [0, 0.1) is 11.8 Å². The lowest BCUT2D eigenvalue weighted by Gasteiger charge is -2.42. The smallest absolute Gasteiger partial charge is 0.303 e. The quantitative estimate of drug-likeness (QED) is 0.0198. The molecule has 18 nitrogen and oxygen atoms in total. The van der Waals surface area contributed by atoms with Gasteiger partial charge in [-0.2, -0.15) is 8.42 Å². The van der Waals surface area contributed by atoms with E-state index in [-0.39, 0.29) is 59.2 Å². The van der Waals surface area contributed by atoms with Gasteiger partial charge in [-0.1, -0.05) is 75.2 Å². The number of halogens is 1. The van der Waals surface area contributed by atoms with Crippen LogP contribution in [0.3, 0.4) is 0 Å². The molecule has 0 aromatic heterocycles. The number of thiol groups is 1. The van der Waals surface area contributed by atoms with E-state index >= 15 is 0 Å². The third-order valence-corrected chi connectivity index (χ3v) is 13.3. The largest absolute Gasteiger partial charge is 0.714 e. The van der Waals surface area contributed by atoms with E-state index < -0.39 is 52.3 Å². The van der Waals surface area contributed by atoms with Crippen molar-refractivity contribution in [2.75, 3.05) is 24.7 Å². The Hall–Kier alpha value is -1.09. The lowest BCUT2D eigenvalue weighted by Crippen LogP contribution is -2.57. The fourth-order valence-corrected chi connectivity index (χ4v) is 8.92. The van der Waals surface area contributed by atoms with E-state index in [1.165, 1.54) is 38.2 Å². The van der Waals surface area contributed by atoms with Gasteiger partial charge in [0.05, 0.1) is 12.7 Å². The van der Waals surface area contributed by atoms with E-state index in [9.17, 15) is 42.7 Å². The van der Waals surface area contributed by atoms with Gasteiger partial charge in [0.2, 0.25) is 0 Å². The number of esters is 2. The van der Waals surface area contributed by atoms with Crippen molar-refractivity contribution in [2.24, 2.45) is 22.1 Å². The minimum Gasteiger partial charge on any atom is -0.714 e. The highest BCUT2D eigenvalue weighted by Crippen LogP contribution is 2.35. The first kappa shape index (κ1) is 58.0. The predicted molar refractivity (Wildman–Crippen MR) is 223 cm³/mol. The maximum atomic E-state index is 11.0. The minimum absolute atomic E-state index is 0.0127. The number of aldehydes is 1. The van der Waals surface area contributed by atoms with Gasteiger partial charge < -0.3 is 53.9 Å². The Morgan fingerprint density at radius 2 is 1.56 bits per heavy atom. The monoisotopic (exact) mass is 935 g/mol. The molecule has 336 valence electrons. The van der Waals surface area contributed by atoms with Gasteiger partial charge in [-0.05, 0) is 36.7 Å². The number of carbonyl (C=O) groups excluding carboxylic acids is 3. The van der Waals surface area contributed by atoms with Gasteiger partial charge in [0.15, 0.2) is 0 Å². The number of oxime groups is 2. The van der Waals surface area contributed by atoms with E-state index in [0.29, 0.717) is 24.6 Å². The van der Waals surface area contributed by atoms with Crippen molar-refractivity contribution >= 4 is 98.4 Å². The summed E-state index contributed by atoms with van der Waals surface area (Å²) in [6, 6.07) is 0. The van der Waals surface area contributed by atoms with E-state index in [1.54, 1.807) is 6.92 Å². The highest BCUT2D eigenvalue weighted by Gasteiger charge is 2.44. The summed E-state index contributed by atoms with van der Waals surface area (Å²) in [5, 5.41) is 51.8. The van der Waals surface area contributed by atoms with Crippen LogP contribution in [0.4, 0.5) is 0 Å². The zero-order valence-electron chi connectivity index (χ0n) is 33.4. The molecule has 5 N–H and O–H groups in total. The molecule has 3 rings (SSSR count). The number of hydrogen-bond donors (Lipinski definition) is 6. The Bertz CT molecular complexity index is 1290. The Balaban J connectivity index is 0. The normalized spacial score (nSPS) is 29.2.